The van der Waals surface area contributed by atoms with Crippen molar-refractivity contribution in [1.29, 1.82) is 0 Å². The van der Waals surface area contributed by atoms with Crippen molar-refractivity contribution in [3.05, 3.63) is 71.8 Å². The van der Waals surface area contributed by atoms with Crippen LogP contribution < -0.4 is 0 Å². The van der Waals surface area contributed by atoms with E-state index in [2.05, 4.69) is 74.5 Å². The van der Waals surface area contributed by atoms with Crippen molar-refractivity contribution in [3.8, 4) is 22.3 Å². The number of benzene rings is 4. The molecule has 0 saturated heterocycles. The highest BCUT2D eigenvalue weighted by molar-refractivity contribution is 7.26. The molecule has 1 heterocycles. The van der Waals surface area contributed by atoms with Gasteiger partial charge in [0.1, 0.15) is 0 Å². The molecule has 4 aromatic carbocycles. The summed E-state index contributed by atoms with van der Waals surface area (Å²) in [6.45, 7) is 4.52. The smallest absolute Gasteiger partial charge is 0.0391 e. The van der Waals surface area contributed by atoms with E-state index in [9.17, 15) is 0 Å². The molecule has 0 radical (unpaired) electrons. The second-order valence-electron chi connectivity index (χ2n) is 7.06. The molecule has 0 amide bonds. The van der Waals surface area contributed by atoms with Gasteiger partial charge in [-0.2, -0.15) is 0 Å². The number of aryl methyl sites for hydroxylation is 2. The topological polar surface area (TPSA) is 0 Å². The maximum Gasteiger partial charge on any atom is 0.0391 e. The van der Waals surface area contributed by atoms with Crippen LogP contribution in [0.3, 0.4) is 0 Å². The van der Waals surface area contributed by atoms with E-state index in [0.717, 1.165) is 0 Å². The van der Waals surface area contributed by atoms with Gasteiger partial charge < -0.3 is 0 Å². The molecule has 5 aromatic rings. The molecule has 0 bridgehead atoms. The lowest BCUT2D eigenvalue weighted by atomic mass is 9.96. The van der Waals surface area contributed by atoms with Crippen molar-refractivity contribution in [2.24, 2.45) is 0 Å². The molecular formula is C24H16S. The van der Waals surface area contributed by atoms with Crippen molar-refractivity contribution in [2.45, 2.75) is 13.8 Å². The zero-order valence-electron chi connectivity index (χ0n) is 14.2. The summed E-state index contributed by atoms with van der Waals surface area (Å²) in [5, 5.41) is 5.56. The van der Waals surface area contributed by atoms with E-state index in [4.69, 9.17) is 0 Å². The van der Waals surface area contributed by atoms with E-state index in [-0.39, 0.29) is 0 Å². The van der Waals surface area contributed by atoms with Gasteiger partial charge in [0.15, 0.2) is 0 Å². The molecule has 0 saturated carbocycles. The van der Waals surface area contributed by atoms with Crippen LogP contribution in [0.2, 0.25) is 0 Å². The molecular weight excluding hydrogens is 320 g/mol. The Morgan fingerprint density at radius 2 is 1.44 bits per heavy atom. The van der Waals surface area contributed by atoms with Gasteiger partial charge in [-0.05, 0) is 64.1 Å². The highest BCUT2D eigenvalue weighted by Crippen LogP contribution is 2.52. The predicted molar refractivity (Wildman–Crippen MR) is 111 cm³/mol. The van der Waals surface area contributed by atoms with E-state index in [1.54, 1.807) is 0 Å². The van der Waals surface area contributed by atoms with Gasteiger partial charge in [-0.25, -0.2) is 0 Å². The Labute approximate surface area is 150 Å². The standard InChI is InChI=1S/C24H16S/c1-13-6-3-10-17-20-12-19-16-9-4-7-15-8-5-11-18(22(15)16)21(19)14(2)24(20)25-23(13)17/h3-12H,1-2H3. The van der Waals surface area contributed by atoms with E-state index >= 15 is 0 Å². The quantitative estimate of drug-likeness (QED) is 0.270. The molecule has 1 aliphatic carbocycles. The summed E-state index contributed by atoms with van der Waals surface area (Å²) in [5.41, 5.74) is 8.43. The lowest BCUT2D eigenvalue weighted by molar-refractivity contribution is 1.56. The SMILES string of the molecule is Cc1cccc2c1sc1c(C)c3c(cc12)-c1cccc2cccc-3c12. The van der Waals surface area contributed by atoms with E-state index in [0.29, 0.717) is 0 Å². The van der Waals surface area contributed by atoms with Gasteiger partial charge in [0, 0.05) is 20.2 Å². The van der Waals surface area contributed by atoms with Crippen LogP contribution in [-0.4, -0.2) is 0 Å². The predicted octanol–water partition coefficient (Wildman–Crippen LogP) is 7.47. The molecule has 6 rings (SSSR count). The van der Waals surface area contributed by atoms with Crippen LogP contribution in [0.1, 0.15) is 11.1 Å². The lowest BCUT2D eigenvalue weighted by Gasteiger charge is -2.08. The molecule has 0 N–H and O–H groups in total. The third-order valence-corrected chi connectivity index (χ3v) is 7.16. The molecule has 0 unspecified atom stereocenters. The first kappa shape index (κ1) is 13.6. The number of rotatable bonds is 0. The van der Waals surface area contributed by atoms with Crippen LogP contribution in [0.25, 0.3) is 53.2 Å². The third kappa shape index (κ3) is 1.57. The Balaban J connectivity index is 1.86. The lowest BCUT2D eigenvalue weighted by Crippen LogP contribution is -1.83. The summed E-state index contributed by atoms with van der Waals surface area (Å²) >= 11 is 1.95. The minimum atomic E-state index is 1.34. The molecule has 1 heteroatoms. The van der Waals surface area contributed by atoms with Crippen LogP contribution in [0, 0.1) is 13.8 Å². The van der Waals surface area contributed by atoms with Crippen LogP contribution in [-0.2, 0) is 0 Å². The number of hydrogen-bond donors (Lipinski definition) is 0. The Morgan fingerprint density at radius 1 is 0.680 bits per heavy atom. The van der Waals surface area contributed by atoms with Crippen LogP contribution in [0.15, 0.2) is 60.7 Å². The molecule has 25 heavy (non-hydrogen) atoms. The second-order valence-corrected chi connectivity index (χ2v) is 8.08. The van der Waals surface area contributed by atoms with Gasteiger partial charge in [0.2, 0.25) is 0 Å². The molecule has 0 nitrogen and oxygen atoms in total. The van der Waals surface area contributed by atoms with Gasteiger partial charge in [-0.3, -0.25) is 0 Å². The summed E-state index contributed by atoms with van der Waals surface area (Å²) in [5.74, 6) is 0. The highest BCUT2D eigenvalue weighted by Gasteiger charge is 2.25. The average Bonchev–Trinajstić information content (AvgIpc) is 3.16. The number of fused-ring (bicyclic) bond motifs is 6. The molecule has 0 aliphatic heterocycles. The maximum atomic E-state index is 2.44. The fourth-order valence-electron chi connectivity index (χ4n) is 4.57. The Morgan fingerprint density at radius 3 is 2.28 bits per heavy atom. The highest BCUT2D eigenvalue weighted by atomic mass is 32.1. The minimum Gasteiger partial charge on any atom is -0.135 e. The average molecular weight is 336 g/mol. The first-order chi connectivity index (χ1) is 12.2. The fraction of sp³-hybridized carbons (Fsp3) is 0.0833. The summed E-state index contributed by atoms with van der Waals surface area (Å²) < 4.78 is 2.86. The normalized spacial score (nSPS) is 12.4. The van der Waals surface area contributed by atoms with Gasteiger partial charge >= 0.3 is 0 Å². The summed E-state index contributed by atoms with van der Waals surface area (Å²) in [6.07, 6.45) is 0. The van der Waals surface area contributed by atoms with Crippen LogP contribution in [0.5, 0.6) is 0 Å². The van der Waals surface area contributed by atoms with Crippen molar-refractivity contribution < 1.29 is 0 Å². The zero-order chi connectivity index (χ0) is 16.7. The summed E-state index contributed by atoms with van der Waals surface area (Å²) in [7, 11) is 0. The first-order valence-corrected chi connectivity index (χ1v) is 9.53. The molecule has 0 fully saturated rings. The van der Waals surface area contributed by atoms with Gasteiger partial charge in [-0.15, -0.1) is 11.3 Å². The van der Waals surface area contributed by atoms with Gasteiger partial charge in [0.25, 0.3) is 0 Å². The minimum absolute atomic E-state index is 1.34. The molecule has 0 atom stereocenters. The summed E-state index contributed by atoms with van der Waals surface area (Å²) in [4.78, 5) is 0. The van der Waals surface area contributed by atoms with Gasteiger partial charge in [0.05, 0.1) is 0 Å². The largest absolute Gasteiger partial charge is 0.135 e. The molecule has 118 valence electrons. The monoisotopic (exact) mass is 336 g/mol. The van der Waals surface area contributed by atoms with E-state index in [1.807, 2.05) is 11.3 Å². The molecule has 0 spiro atoms. The van der Waals surface area contributed by atoms with Crippen molar-refractivity contribution in [3.63, 3.8) is 0 Å². The summed E-state index contributed by atoms with van der Waals surface area (Å²) in [6, 6.07) is 22.5. The van der Waals surface area contributed by atoms with Crippen molar-refractivity contribution in [2.75, 3.05) is 0 Å². The van der Waals surface area contributed by atoms with E-state index < -0.39 is 0 Å². The zero-order valence-corrected chi connectivity index (χ0v) is 15.0. The fourth-order valence-corrected chi connectivity index (χ4v) is 5.82. The maximum absolute atomic E-state index is 2.44. The first-order valence-electron chi connectivity index (χ1n) is 8.72. The second kappa shape index (κ2) is 4.50. The third-order valence-electron chi connectivity index (χ3n) is 5.69. The van der Waals surface area contributed by atoms with E-state index in [1.165, 1.54) is 64.3 Å². The number of thiophene rings is 1. The van der Waals surface area contributed by atoms with Crippen molar-refractivity contribution in [1.82, 2.24) is 0 Å². The number of hydrogen-bond acceptors (Lipinski definition) is 1. The molecule has 1 aliphatic rings. The van der Waals surface area contributed by atoms with Crippen molar-refractivity contribution >= 4 is 42.3 Å². The van der Waals surface area contributed by atoms with Crippen LogP contribution in [0.4, 0.5) is 0 Å². The van der Waals surface area contributed by atoms with Crippen LogP contribution >= 0.6 is 11.3 Å². The Kier molecular flexibility index (Phi) is 2.45. The van der Waals surface area contributed by atoms with Gasteiger partial charge in [-0.1, -0.05) is 54.6 Å². The Hall–Kier alpha value is -2.64. The molecule has 1 aromatic heterocycles. The Bertz CT molecular complexity index is 1350.